The van der Waals surface area contributed by atoms with E-state index in [0.717, 1.165) is 6.07 Å². The quantitative estimate of drug-likeness (QED) is 0.600. The lowest BCUT2D eigenvalue weighted by Gasteiger charge is -2.15. The highest BCUT2D eigenvalue weighted by atomic mass is 19.1. The molecule has 0 radical (unpaired) electrons. The van der Waals surface area contributed by atoms with Crippen molar-refractivity contribution in [3.63, 3.8) is 0 Å². The normalized spacial score (nSPS) is 10.6. The highest BCUT2D eigenvalue weighted by Gasteiger charge is 2.23. The minimum atomic E-state index is -0.879. The van der Waals surface area contributed by atoms with Gasteiger partial charge >= 0.3 is 5.97 Å². The fraction of sp³-hybridized carbons (Fsp3) is 0.238. The summed E-state index contributed by atoms with van der Waals surface area (Å²) in [6.07, 6.45) is 0. The summed E-state index contributed by atoms with van der Waals surface area (Å²) < 4.78 is 30.3. The standard InChI is InChI=1S/C21H20FN3O6/c1-5-25-15-7-6-11(22)8-13(15)19(26)18(24-25)20(27)23-14-10-17(30-3)16(29-2)9-12(14)21(28)31-4/h6-10H,5H2,1-4H3,(H,23,27). The van der Waals surface area contributed by atoms with Gasteiger partial charge in [-0.05, 0) is 25.1 Å². The van der Waals surface area contributed by atoms with E-state index in [2.05, 4.69) is 10.4 Å². The average Bonchev–Trinajstić information content (AvgIpc) is 2.78. The Morgan fingerprint density at radius 3 is 2.39 bits per heavy atom. The number of nitrogens with one attached hydrogen (secondary N) is 1. The number of methoxy groups -OCH3 is 3. The van der Waals surface area contributed by atoms with E-state index in [9.17, 15) is 18.8 Å². The zero-order valence-corrected chi connectivity index (χ0v) is 17.3. The molecule has 3 aromatic rings. The van der Waals surface area contributed by atoms with Gasteiger partial charge in [0.05, 0.1) is 43.5 Å². The van der Waals surface area contributed by atoms with E-state index < -0.39 is 28.8 Å². The maximum atomic E-state index is 13.7. The van der Waals surface area contributed by atoms with Crippen molar-refractivity contribution >= 4 is 28.5 Å². The van der Waals surface area contributed by atoms with E-state index in [1.54, 1.807) is 6.92 Å². The molecule has 1 amide bonds. The number of ether oxygens (including phenoxy) is 3. The number of hydrogen-bond donors (Lipinski definition) is 1. The first-order valence-corrected chi connectivity index (χ1v) is 9.20. The molecule has 0 spiro atoms. The Kier molecular flexibility index (Phi) is 6.19. The van der Waals surface area contributed by atoms with Crippen LogP contribution in [0.3, 0.4) is 0 Å². The van der Waals surface area contributed by atoms with Crippen LogP contribution in [0.25, 0.3) is 10.9 Å². The molecule has 10 heteroatoms. The zero-order valence-electron chi connectivity index (χ0n) is 17.3. The largest absolute Gasteiger partial charge is 0.493 e. The van der Waals surface area contributed by atoms with E-state index in [1.165, 1.54) is 50.3 Å². The van der Waals surface area contributed by atoms with Crippen LogP contribution < -0.4 is 20.2 Å². The van der Waals surface area contributed by atoms with Gasteiger partial charge in [0, 0.05) is 18.7 Å². The summed E-state index contributed by atoms with van der Waals surface area (Å²) in [6, 6.07) is 6.39. The van der Waals surface area contributed by atoms with Crippen LogP contribution in [0.1, 0.15) is 27.8 Å². The van der Waals surface area contributed by atoms with Gasteiger partial charge in [-0.3, -0.25) is 14.3 Å². The maximum Gasteiger partial charge on any atom is 0.340 e. The topological polar surface area (TPSA) is 109 Å². The van der Waals surface area contributed by atoms with Crippen molar-refractivity contribution in [3.05, 3.63) is 57.6 Å². The van der Waals surface area contributed by atoms with Crippen LogP contribution in [0.4, 0.5) is 10.1 Å². The van der Waals surface area contributed by atoms with Gasteiger partial charge in [-0.25, -0.2) is 9.18 Å². The maximum absolute atomic E-state index is 13.7. The van der Waals surface area contributed by atoms with Crippen molar-refractivity contribution in [2.75, 3.05) is 26.6 Å². The molecule has 0 fully saturated rings. The average molecular weight is 429 g/mol. The molecular weight excluding hydrogens is 409 g/mol. The molecule has 2 aromatic carbocycles. The number of anilines is 1. The van der Waals surface area contributed by atoms with Crippen LogP contribution in [-0.4, -0.2) is 43.0 Å². The first kappa shape index (κ1) is 21.8. The minimum Gasteiger partial charge on any atom is -0.493 e. The number of halogens is 1. The number of carbonyl (C=O) groups is 2. The zero-order chi connectivity index (χ0) is 22.7. The van der Waals surface area contributed by atoms with E-state index >= 15 is 0 Å². The number of nitrogens with zero attached hydrogens (tertiary/aromatic N) is 2. The number of benzene rings is 2. The van der Waals surface area contributed by atoms with Gasteiger partial charge < -0.3 is 19.5 Å². The first-order chi connectivity index (χ1) is 14.8. The summed E-state index contributed by atoms with van der Waals surface area (Å²) in [5.74, 6) is -1.75. The molecule has 3 rings (SSSR count). The third kappa shape index (κ3) is 4.04. The number of aryl methyl sites for hydroxylation is 1. The van der Waals surface area contributed by atoms with Gasteiger partial charge in [-0.1, -0.05) is 0 Å². The van der Waals surface area contributed by atoms with Crippen LogP contribution in [0.2, 0.25) is 0 Å². The Morgan fingerprint density at radius 1 is 1.10 bits per heavy atom. The summed E-state index contributed by atoms with van der Waals surface area (Å²) in [7, 11) is 3.97. The number of hydrogen-bond acceptors (Lipinski definition) is 7. The number of rotatable bonds is 6. The van der Waals surface area contributed by atoms with Crippen molar-refractivity contribution in [2.45, 2.75) is 13.5 Å². The van der Waals surface area contributed by atoms with Crippen molar-refractivity contribution in [3.8, 4) is 11.5 Å². The summed E-state index contributed by atoms with van der Waals surface area (Å²) in [5.41, 5.74) is -0.789. The number of amides is 1. The summed E-state index contributed by atoms with van der Waals surface area (Å²) >= 11 is 0. The summed E-state index contributed by atoms with van der Waals surface area (Å²) in [6.45, 7) is 2.11. The summed E-state index contributed by atoms with van der Waals surface area (Å²) in [5, 5.41) is 6.62. The van der Waals surface area contributed by atoms with Gasteiger partial charge in [0.2, 0.25) is 5.43 Å². The van der Waals surface area contributed by atoms with Crippen LogP contribution in [0.5, 0.6) is 11.5 Å². The number of fused-ring (bicyclic) bond motifs is 1. The molecule has 0 bridgehead atoms. The molecule has 0 aliphatic rings. The lowest BCUT2D eigenvalue weighted by Crippen LogP contribution is -2.27. The molecule has 9 nitrogen and oxygen atoms in total. The monoisotopic (exact) mass is 429 g/mol. The van der Waals surface area contributed by atoms with Gasteiger partial charge in [0.15, 0.2) is 17.2 Å². The molecule has 0 saturated heterocycles. The minimum absolute atomic E-state index is 0.0162. The molecule has 31 heavy (non-hydrogen) atoms. The highest BCUT2D eigenvalue weighted by molar-refractivity contribution is 6.08. The molecular formula is C21H20FN3O6. The van der Waals surface area contributed by atoms with Crippen LogP contribution in [-0.2, 0) is 11.3 Å². The Bertz CT molecular complexity index is 1240. The van der Waals surface area contributed by atoms with Gasteiger partial charge in [0.25, 0.3) is 5.91 Å². The molecule has 1 heterocycles. The van der Waals surface area contributed by atoms with Crippen LogP contribution in [0, 0.1) is 5.82 Å². The van der Waals surface area contributed by atoms with Crippen molar-refractivity contribution in [2.24, 2.45) is 0 Å². The molecule has 1 aromatic heterocycles. The molecule has 0 aliphatic heterocycles. The molecule has 162 valence electrons. The number of esters is 1. The summed E-state index contributed by atoms with van der Waals surface area (Å²) in [4.78, 5) is 38.0. The Hall–Kier alpha value is -3.95. The van der Waals surface area contributed by atoms with Crippen LogP contribution in [0.15, 0.2) is 35.1 Å². The SMILES string of the molecule is CCn1nc(C(=O)Nc2cc(OC)c(OC)cc2C(=O)OC)c(=O)c2cc(F)ccc21. The predicted octanol–water partition coefficient (Wildman–Crippen LogP) is 2.61. The van der Waals surface area contributed by atoms with Crippen molar-refractivity contribution in [1.29, 1.82) is 0 Å². The molecule has 0 atom stereocenters. The van der Waals surface area contributed by atoms with Crippen molar-refractivity contribution in [1.82, 2.24) is 9.78 Å². The van der Waals surface area contributed by atoms with Crippen LogP contribution >= 0.6 is 0 Å². The van der Waals surface area contributed by atoms with Crippen molar-refractivity contribution < 1.29 is 28.2 Å². The Morgan fingerprint density at radius 2 is 1.77 bits per heavy atom. The Labute approximate surface area is 176 Å². The van der Waals surface area contributed by atoms with E-state index in [0.29, 0.717) is 12.1 Å². The third-order valence-electron chi connectivity index (χ3n) is 4.61. The lowest BCUT2D eigenvalue weighted by molar-refractivity contribution is 0.0601. The first-order valence-electron chi connectivity index (χ1n) is 9.20. The fourth-order valence-electron chi connectivity index (χ4n) is 3.10. The van der Waals surface area contributed by atoms with E-state index in [4.69, 9.17) is 14.2 Å². The van der Waals surface area contributed by atoms with Gasteiger partial charge in [0.1, 0.15) is 5.82 Å². The predicted molar refractivity (Wildman–Crippen MR) is 110 cm³/mol. The van der Waals surface area contributed by atoms with Gasteiger partial charge in [-0.2, -0.15) is 5.10 Å². The molecule has 0 unspecified atom stereocenters. The van der Waals surface area contributed by atoms with E-state index in [1.807, 2.05) is 0 Å². The molecule has 0 saturated carbocycles. The lowest BCUT2D eigenvalue weighted by atomic mass is 10.1. The third-order valence-corrected chi connectivity index (χ3v) is 4.61. The number of aromatic nitrogens is 2. The highest BCUT2D eigenvalue weighted by Crippen LogP contribution is 2.34. The molecule has 0 aliphatic carbocycles. The number of carbonyl (C=O) groups excluding carboxylic acids is 2. The molecule has 1 N–H and O–H groups in total. The second-order valence-corrected chi connectivity index (χ2v) is 6.35. The smallest absolute Gasteiger partial charge is 0.340 e. The van der Waals surface area contributed by atoms with Gasteiger partial charge in [-0.15, -0.1) is 0 Å². The van der Waals surface area contributed by atoms with E-state index in [-0.39, 0.29) is 28.1 Å². The Balaban J connectivity index is 2.13. The second-order valence-electron chi connectivity index (χ2n) is 6.35. The second kappa shape index (κ2) is 8.82. The fourth-order valence-corrected chi connectivity index (χ4v) is 3.10.